The summed E-state index contributed by atoms with van der Waals surface area (Å²) in [6.07, 6.45) is 2.43. The zero-order chi connectivity index (χ0) is 16.0. The summed E-state index contributed by atoms with van der Waals surface area (Å²) in [4.78, 5) is 25.3. The maximum atomic E-state index is 11.9. The Morgan fingerprint density at radius 1 is 1.38 bits per heavy atom. The first-order chi connectivity index (χ1) is 9.79. The fraction of sp³-hybridized carbons (Fsp3) is 0.867. The molecule has 0 aliphatic carbocycles. The molecule has 21 heavy (non-hydrogen) atoms. The van der Waals surface area contributed by atoms with Crippen LogP contribution in [0.4, 0.5) is 4.79 Å². The fourth-order valence-corrected chi connectivity index (χ4v) is 2.71. The smallest absolute Gasteiger partial charge is 0.315 e. The van der Waals surface area contributed by atoms with Gasteiger partial charge in [-0.1, -0.05) is 13.8 Å². The second-order valence-electron chi connectivity index (χ2n) is 6.57. The van der Waals surface area contributed by atoms with E-state index in [9.17, 15) is 9.59 Å². The molecule has 3 atom stereocenters. The summed E-state index contributed by atoms with van der Waals surface area (Å²) in [7, 11) is 2.09. The van der Waals surface area contributed by atoms with E-state index in [0.29, 0.717) is 18.4 Å². The maximum absolute atomic E-state index is 11.9. The van der Waals surface area contributed by atoms with E-state index in [4.69, 9.17) is 5.11 Å². The van der Waals surface area contributed by atoms with Crippen LogP contribution in [0.15, 0.2) is 0 Å². The van der Waals surface area contributed by atoms with E-state index in [2.05, 4.69) is 29.5 Å². The van der Waals surface area contributed by atoms with Crippen LogP contribution in [-0.4, -0.2) is 54.2 Å². The molecule has 0 saturated carbocycles. The van der Waals surface area contributed by atoms with Crippen molar-refractivity contribution < 1.29 is 14.7 Å². The number of nitrogens with one attached hydrogen (secondary N) is 2. The number of carboxylic acid groups (broad SMARTS) is 1. The first kappa shape index (κ1) is 17.8. The molecule has 6 heteroatoms. The lowest BCUT2D eigenvalue weighted by Crippen LogP contribution is -2.50. The summed E-state index contributed by atoms with van der Waals surface area (Å²) >= 11 is 0. The highest BCUT2D eigenvalue weighted by Crippen LogP contribution is 2.15. The molecule has 1 rings (SSSR count). The standard InChI is InChI=1S/C15H29N3O3/c1-10(2)7-12(14(19)20)9-16-15(21)17-13-5-6-18(4)11(3)8-13/h10-13H,5-9H2,1-4H3,(H,19,20)(H2,16,17,21). The molecule has 1 heterocycles. The van der Waals surface area contributed by atoms with Crippen molar-refractivity contribution in [3.63, 3.8) is 0 Å². The second kappa shape index (κ2) is 8.22. The molecule has 1 aliphatic heterocycles. The summed E-state index contributed by atoms with van der Waals surface area (Å²) in [5.41, 5.74) is 0. The third-order valence-electron chi connectivity index (χ3n) is 4.16. The summed E-state index contributed by atoms with van der Waals surface area (Å²) in [5, 5.41) is 14.8. The molecular formula is C15H29N3O3. The lowest BCUT2D eigenvalue weighted by atomic mass is 9.97. The van der Waals surface area contributed by atoms with E-state index in [1.165, 1.54) is 0 Å². The second-order valence-corrected chi connectivity index (χ2v) is 6.57. The van der Waals surface area contributed by atoms with Crippen LogP contribution >= 0.6 is 0 Å². The summed E-state index contributed by atoms with van der Waals surface area (Å²) in [6, 6.07) is 0.369. The van der Waals surface area contributed by atoms with Gasteiger partial charge in [0.15, 0.2) is 0 Å². The van der Waals surface area contributed by atoms with Gasteiger partial charge in [-0.15, -0.1) is 0 Å². The van der Waals surface area contributed by atoms with Crippen molar-refractivity contribution in [2.75, 3.05) is 20.1 Å². The van der Waals surface area contributed by atoms with Crippen LogP contribution in [0.2, 0.25) is 0 Å². The zero-order valence-electron chi connectivity index (χ0n) is 13.6. The molecular weight excluding hydrogens is 270 g/mol. The number of aliphatic carboxylic acids is 1. The number of nitrogens with zero attached hydrogens (tertiary/aromatic N) is 1. The molecule has 3 unspecified atom stereocenters. The van der Waals surface area contributed by atoms with Crippen LogP contribution in [0.5, 0.6) is 0 Å². The van der Waals surface area contributed by atoms with Crippen molar-refractivity contribution in [2.24, 2.45) is 11.8 Å². The Kier molecular flexibility index (Phi) is 6.95. The number of hydrogen-bond donors (Lipinski definition) is 3. The monoisotopic (exact) mass is 299 g/mol. The van der Waals surface area contributed by atoms with Crippen LogP contribution in [-0.2, 0) is 4.79 Å². The molecule has 122 valence electrons. The van der Waals surface area contributed by atoms with E-state index < -0.39 is 11.9 Å². The normalized spacial score (nSPS) is 24.6. The molecule has 6 nitrogen and oxygen atoms in total. The largest absolute Gasteiger partial charge is 0.481 e. The number of piperidine rings is 1. The van der Waals surface area contributed by atoms with E-state index in [0.717, 1.165) is 19.4 Å². The molecule has 0 aromatic heterocycles. The molecule has 1 fully saturated rings. The fourth-order valence-electron chi connectivity index (χ4n) is 2.71. The molecule has 1 saturated heterocycles. The Balaban J connectivity index is 2.34. The van der Waals surface area contributed by atoms with E-state index in [-0.39, 0.29) is 18.6 Å². The highest BCUT2D eigenvalue weighted by atomic mass is 16.4. The van der Waals surface area contributed by atoms with Crippen LogP contribution in [0, 0.1) is 11.8 Å². The van der Waals surface area contributed by atoms with Gasteiger partial charge in [0, 0.05) is 25.2 Å². The van der Waals surface area contributed by atoms with Crippen molar-refractivity contribution >= 4 is 12.0 Å². The predicted octanol–water partition coefficient (Wildman–Crippen LogP) is 1.52. The van der Waals surface area contributed by atoms with Gasteiger partial charge in [-0.05, 0) is 39.2 Å². The average Bonchev–Trinajstić information content (AvgIpc) is 2.38. The molecule has 2 amide bonds. The van der Waals surface area contributed by atoms with Gasteiger partial charge in [0.25, 0.3) is 0 Å². The number of rotatable bonds is 6. The van der Waals surface area contributed by atoms with Gasteiger partial charge in [0.1, 0.15) is 0 Å². The van der Waals surface area contributed by atoms with E-state index >= 15 is 0 Å². The minimum Gasteiger partial charge on any atom is -0.481 e. The van der Waals surface area contributed by atoms with Gasteiger partial charge in [-0.2, -0.15) is 0 Å². The number of amides is 2. The van der Waals surface area contributed by atoms with Crippen LogP contribution < -0.4 is 10.6 Å². The van der Waals surface area contributed by atoms with Gasteiger partial charge in [0.05, 0.1) is 5.92 Å². The molecule has 0 aromatic carbocycles. The maximum Gasteiger partial charge on any atom is 0.315 e. The average molecular weight is 299 g/mol. The predicted molar refractivity (Wildman–Crippen MR) is 82.2 cm³/mol. The van der Waals surface area contributed by atoms with Gasteiger partial charge in [-0.25, -0.2) is 4.79 Å². The summed E-state index contributed by atoms with van der Waals surface area (Å²) in [5.74, 6) is -1.07. The SMILES string of the molecule is CC(C)CC(CNC(=O)NC1CCN(C)C(C)C1)C(=O)O. The Morgan fingerprint density at radius 3 is 2.57 bits per heavy atom. The van der Waals surface area contributed by atoms with Gasteiger partial charge < -0.3 is 20.6 Å². The Bertz CT molecular complexity index is 360. The van der Waals surface area contributed by atoms with Gasteiger partial charge in [0.2, 0.25) is 0 Å². The third kappa shape index (κ3) is 6.33. The van der Waals surface area contributed by atoms with Crippen LogP contribution in [0.1, 0.15) is 40.0 Å². The minimum absolute atomic E-state index is 0.171. The van der Waals surface area contributed by atoms with Gasteiger partial charge >= 0.3 is 12.0 Å². The Hall–Kier alpha value is -1.30. The van der Waals surface area contributed by atoms with Crippen molar-refractivity contribution in [1.29, 1.82) is 0 Å². The zero-order valence-corrected chi connectivity index (χ0v) is 13.6. The minimum atomic E-state index is -0.850. The highest BCUT2D eigenvalue weighted by molar-refractivity contribution is 5.76. The Morgan fingerprint density at radius 2 is 2.05 bits per heavy atom. The lowest BCUT2D eigenvalue weighted by molar-refractivity contribution is -0.142. The van der Waals surface area contributed by atoms with Crippen molar-refractivity contribution in [1.82, 2.24) is 15.5 Å². The first-order valence-electron chi connectivity index (χ1n) is 7.77. The van der Waals surface area contributed by atoms with Crippen molar-refractivity contribution in [2.45, 2.75) is 52.1 Å². The van der Waals surface area contributed by atoms with Crippen molar-refractivity contribution in [3.05, 3.63) is 0 Å². The Labute approximate surface area is 127 Å². The number of urea groups is 1. The highest BCUT2D eigenvalue weighted by Gasteiger charge is 2.25. The molecule has 1 aliphatic rings. The van der Waals surface area contributed by atoms with Crippen molar-refractivity contribution in [3.8, 4) is 0 Å². The first-order valence-corrected chi connectivity index (χ1v) is 7.77. The lowest BCUT2D eigenvalue weighted by Gasteiger charge is -2.35. The molecule has 3 N–H and O–H groups in total. The number of carboxylic acids is 1. The topological polar surface area (TPSA) is 81.7 Å². The molecule has 0 bridgehead atoms. The summed E-state index contributed by atoms with van der Waals surface area (Å²) in [6.45, 7) is 7.26. The summed E-state index contributed by atoms with van der Waals surface area (Å²) < 4.78 is 0. The van der Waals surface area contributed by atoms with E-state index in [1.807, 2.05) is 13.8 Å². The van der Waals surface area contributed by atoms with E-state index in [1.54, 1.807) is 0 Å². The van der Waals surface area contributed by atoms with Crippen LogP contribution in [0.3, 0.4) is 0 Å². The molecule has 0 radical (unpaired) electrons. The van der Waals surface area contributed by atoms with Gasteiger partial charge in [-0.3, -0.25) is 4.79 Å². The number of carbonyl (C=O) groups is 2. The third-order valence-corrected chi connectivity index (χ3v) is 4.16. The molecule has 0 aromatic rings. The molecule has 0 spiro atoms. The number of hydrogen-bond acceptors (Lipinski definition) is 3. The van der Waals surface area contributed by atoms with Crippen LogP contribution in [0.25, 0.3) is 0 Å². The quantitative estimate of drug-likeness (QED) is 0.694. The number of carbonyl (C=O) groups excluding carboxylic acids is 1. The number of likely N-dealkylation sites (tertiary alicyclic amines) is 1.